The van der Waals surface area contributed by atoms with Crippen molar-refractivity contribution < 1.29 is 4.92 Å². The van der Waals surface area contributed by atoms with Gasteiger partial charge in [0.05, 0.1) is 4.92 Å². The molecule has 0 aliphatic rings. The summed E-state index contributed by atoms with van der Waals surface area (Å²) in [5.41, 5.74) is 5.60. The summed E-state index contributed by atoms with van der Waals surface area (Å²) in [7, 11) is 0. The van der Waals surface area contributed by atoms with E-state index in [2.05, 4.69) is 29.6 Å². The van der Waals surface area contributed by atoms with E-state index in [1.54, 1.807) is 12.1 Å². The van der Waals surface area contributed by atoms with E-state index in [0.717, 1.165) is 0 Å². The van der Waals surface area contributed by atoms with E-state index in [9.17, 15) is 15.0 Å². The van der Waals surface area contributed by atoms with Gasteiger partial charge in [-0.2, -0.15) is 0 Å². The van der Waals surface area contributed by atoms with Crippen LogP contribution in [0.4, 0.5) is 11.4 Å². The first kappa shape index (κ1) is 15.0. The molecule has 0 bridgehead atoms. The minimum atomic E-state index is -0.505. The molecule has 0 saturated heterocycles. The lowest BCUT2D eigenvalue weighted by molar-refractivity contribution is -0.385. The zero-order valence-electron chi connectivity index (χ0n) is 10.9. The van der Waals surface area contributed by atoms with Crippen molar-refractivity contribution in [1.29, 1.82) is 0 Å². The SMILES string of the molecule is NCCC#Cc1cc2c(N=O)c(S)ccc2cc1[N+](=O)[O-]. The number of nitrogens with two attached hydrogens (primary N) is 1. The van der Waals surface area contributed by atoms with Crippen LogP contribution >= 0.6 is 12.6 Å². The summed E-state index contributed by atoms with van der Waals surface area (Å²) >= 11 is 4.16. The van der Waals surface area contributed by atoms with E-state index >= 15 is 0 Å². The number of thiol groups is 1. The van der Waals surface area contributed by atoms with Gasteiger partial charge in [-0.1, -0.05) is 17.9 Å². The van der Waals surface area contributed by atoms with Crippen LogP contribution in [0.1, 0.15) is 12.0 Å². The third-order valence-electron chi connectivity index (χ3n) is 2.87. The maximum atomic E-state index is 11.1. The number of nitro groups is 1. The zero-order chi connectivity index (χ0) is 15.4. The average molecular weight is 301 g/mol. The van der Waals surface area contributed by atoms with Crippen LogP contribution in [0.25, 0.3) is 10.8 Å². The third kappa shape index (κ3) is 3.02. The molecule has 0 unspecified atom stereocenters. The minimum Gasteiger partial charge on any atom is -0.330 e. The second-order valence-electron chi connectivity index (χ2n) is 4.21. The maximum Gasteiger partial charge on any atom is 0.285 e. The number of nitro benzene ring substituents is 1. The Balaban J connectivity index is 2.76. The number of rotatable bonds is 3. The standard InChI is InChI=1S/C14H11N3O3S/c15-6-2-1-3-10-7-11-9(8-12(10)17(19)20)4-5-13(21)14(11)16-18/h4-5,7-8,21H,2,6,15H2. The molecule has 2 aromatic rings. The van der Waals surface area contributed by atoms with Crippen LogP contribution in [0.3, 0.4) is 0 Å². The van der Waals surface area contributed by atoms with Crippen molar-refractivity contribution in [3.05, 3.63) is 44.9 Å². The van der Waals surface area contributed by atoms with Crippen molar-refractivity contribution >= 4 is 34.8 Å². The van der Waals surface area contributed by atoms with Gasteiger partial charge in [0.25, 0.3) is 5.69 Å². The van der Waals surface area contributed by atoms with Gasteiger partial charge in [0.1, 0.15) is 11.3 Å². The molecule has 2 rings (SSSR count). The Morgan fingerprint density at radius 1 is 1.38 bits per heavy atom. The highest BCUT2D eigenvalue weighted by molar-refractivity contribution is 7.80. The molecule has 7 heteroatoms. The molecule has 0 atom stereocenters. The van der Waals surface area contributed by atoms with Gasteiger partial charge in [0.2, 0.25) is 0 Å². The second kappa shape index (κ2) is 6.35. The van der Waals surface area contributed by atoms with Gasteiger partial charge in [-0.15, -0.1) is 17.5 Å². The summed E-state index contributed by atoms with van der Waals surface area (Å²) in [6.45, 7) is 0.371. The van der Waals surface area contributed by atoms with Gasteiger partial charge in [0.15, 0.2) is 0 Å². The second-order valence-corrected chi connectivity index (χ2v) is 4.69. The smallest absolute Gasteiger partial charge is 0.285 e. The van der Waals surface area contributed by atoms with Crippen molar-refractivity contribution in [3.8, 4) is 11.8 Å². The summed E-state index contributed by atoms with van der Waals surface area (Å²) < 4.78 is 0. The molecule has 0 radical (unpaired) electrons. The third-order valence-corrected chi connectivity index (χ3v) is 3.23. The molecule has 0 fully saturated rings. The fourth-order valence-electron chi connectivity index (χ4n) is 1.91. The van der Waals surface area contributed by atoms with Crippen molar-refractivity contribution in [2.24, 2.45) is 10.9 Å². The predicted octanol–water partition coefficient (Wildman–Crippen LogP) is 3.13. The topological polar surface area (TPSA) is 98.6 Å². The maximum absolute atomic E-state index is 11.1. The summed E-state index contributed by atoms with van der Waals surface area (Å²) in [6, 6.07) is 6.10. The van der Waals surface area contributed by atoms with Crippen LogP contribution in [0, 0.1) is 26.9 Å². The minimum absolute atomic E-state index is 0.115. The van der Waals surface area contributed by atoms with Crippen LogP contribution in [0.2, 0.25) is 0 Å². The van der Waals surface area contributed by atoms with E-state index in [1.165, 1.54) is 12.1 Å². The molecule has 0 amide bonds. The number of hydrogen-bond donors (Lipinski definition) is 2. The molecule has 21 heavy (non-hydrogen) atoms. The van der Waals surface area contributed by atoms with Crippen molar-refractivity contribution in [2.45, 2.75) is 11.3 Å². The fourth-order valence-corrected chi connectivity index (χ4v) is 2.15. The highest BCUT2D eigenvalue weighted by Gasteiger charge is 2.16. The average Bonchev–Trinajstić information content (AvgIpc) is 2.46. The number of benzene rings is 2. The molecular formula is C14H11N3O3S. The van der Waals surface area contributed by atoms with Crippen LogP contribution in [0.15, 0.2) is 34.3 Å². The van der Waals surface area contributed by atoms with Crippen molar-refractivity contribution in [3.63, 3.8) is 0 Å². The molecule has 0 aliphatic carbocycles. The van der Waals surface area contributed by atoms with E-state index in [4.69, 9.17) is 5.73 Å². The molecule has 0 aliphatic heterocycles. The summed E-state index contributed by atoms with van der Waals surface area (Å²) in [5.74, 6) is 5.47. The van der Waals surface area contributed by atoms with Gasteiger partial charge < -0.3 is 5.73 Å². The summed E-state index contributed by atoms with van der Waals surface area (Å²) in [6.07, 6.45) is 0.431. The fraction of sp³-hybridized carbons (Fsp3) is 0.143. The van der Waals surface area contributed by atoms with Gasteiger partial charge in [-0.25, -0.2) is 0 Å². The van der Waals surface area contributed by atoms with Crippen LogP contribution in [-0.2, 0) is 0 Å². The molecule has 0 spiro atoms. The zero-order valence-corrected chi connectivity index (χ0v) is 11.8. The van der Waals surface area contributed by atoms with Crippen molar-refractivity contribution in [1.82, 2.24) is 0 Å². The van der Waals surface area contributed by atoms with Crippen LogP contribution in [0.5, 0.6) is 0 Å². The predicted molar refractivity (Wildman–Crippen MR) is 83.9 cm³/mol. The Morgan fingerprint density at radius 2 is 2.14 bits per heavy atom. The van der Waals surface area contributed by atoms with Gasteiger partial charge >= 0.3 is 0 Å². The Hall–Kier alpha value is -2.43. The van der Waals surface area contributed by atoms with Gasteiger partial charge in [-0.3, -0.25) is 10.1 Å². The van der Waals surface area contributed by atoms with Gasteiger partial charge in [0, 0.05) is 29.3 Å². The van der Waals surface area contributed by atoms with Crippen molar-refractivity contribution in [2.75, 3.05) is 6.54 Å². The first-order chi connectivity index (χ1) is 10.1. The molecule has 0 aromatic heterocycles. The molecule has 106 valence electrons. The van der Waals surface area contributed by atoms with E-state index in [-0.39, 0.29) is 16.9 Å². The lowest BCUT2D eigenvalue weighted by Crippen LogP contribution is -1.96. The molecule has 2 aromatic carbocycles. The summed E-state index contributed by atoms with van der Waals surface area (Å²) in [5, 5.41) is 15.1. The number of nitrogens with zero attached hydrogens (tertiary/aromatic N) is 2. The Morgan fingerprint density at radius 3 is 2.76 bits per heavy atom. The van der Waals surface area contributed by atoms with Crippen LogP contribution in [-0.4, -0.2) is 11.5 Å². The molecule has 0 saturated carbocycles. The Bertz CT molecular complexity index is 793. The van der Waals surface area contributed by atoms with E-state index in [0.29, 0.717) is 28.6 Å². The lowest BCUT2D eigenvalue weighted by atomic mass is 10.0. The molecule has 0 heterocycles. The monoisotopic (exact) mass is 301 g/mol. The first-order valence-corrected chi connectivity index (χ1v) is 6.49. The number of hydrogen-bond acceptors (Lipinski definition) is 6. The number of fused-ring (bicyclic) bond motifs is 1. The summed E-state index contributed by atoms with van der Waals surface area (Å²) in [4.78, 5) is 22.0. The van der Waals surface area contributed by atoms with Gasteiger partial charge in [-0.05, 0) is 22.7 Å². The normalized spacial score (nSPS) is 10.0. The largest absolute Gasteiger partial charge is 0.330 e. The lowest BCUT2D eigenvalue weighted by Gasteiger charge is -2.04. The quantitative estimate of drug-likeness (QED) is 0.299. The van der Waals surface area contributed by atoms with E-state index < -0.39 is 4.92 Å². The molecular weight excluding hydrogens is 290 g/mol. The van der Waals surface area contributed by atoms with E-state index in [1.807, 2.05) is 0 Å². The first-order valence-electron chi connectivity index (χ1n) is 6.05. The highest BCUT2D eigenvalue weighted by atomic mass is 32.1. The highest BCUT2D eigenvalue weighted by Crippen LogP contribution is 2.35. The molecule has 2 N–H and O–H groups in total. The number of nitroso groups, excluding NO2 is 1. The Kier molecular flexibility index (Phi) is 4.52. The van der Waals surface area contributed by atoms with Crippen LogP contribution < -0.4 is 5.73 Å². The Labute approximate surface area is 125 Å². The molecule has 6 nitrogen and oxygen atoms in total.